The number of aliphatic hydroxyl groups is 5. The largest absolute Gasteiger partial charge is 0.506 e. The molecule has 0 radical (unpaired) electrons. The highest BCUT2D eigenvalue weighted by atomic mass is 19.1. The highest BCUT2D eigenvalue weighted by molar-refractivity contribution is 5.86. The summed E-state index contributed by atoms with van der Waals surface area (Å²) in [6, 6.07) is 6.21. The van der Waals surface area contributed by atoms with Crippen molar-refractivity contribution in [3.8, 4) is 5.75 Å². The van der Waals surface area contributed by atoms with Crippen LogP contribution in [-0.2, 0) is 10.5 Å². The van der Waals surface area contributed by atoms with Crippen molar-refractivity contribution in [2.75, 3.05) is 0 Å². The van der Waals surface area contributed by atoms with Gasteiger partial charge in [0.05, 0.1) is 5.52 Å². The summed E-state index contributed by atoms with van der Waals surface area (Å²) in [5.74, 6) is -0.258. The van der Waals surface area contributed by atoms with Crippen LogP contribution >= 0.6 is 0 Å². The molecule has 3 rings (SSSR count). The Bertz CT molecular complexity index is 720. The molecule has 1 aliphatic heterocycles. The molecule has 0 bridgehead atoms. The SMILES string of the molecule is Oc1cn([C@]2(O)[C@@H](O)[C@@H](C(O)F)O[C@H](O)[C@@H]2O)c2ccccc12. The number of fused-ring (bicyclic) bond motifs is 1. The van der Waals surface area contributed by atoms with E-state index in [1.54, 1.807) is 12.1 Å². The van der Waals surface area contributed by atoms with E-state index in [0.29, 0.717) is 5.39 Å². The van der Waals surface area contributed by atoms with Gasteiger partial charge in [-0.2, -0.15) is 0 Å². The third-order valence-corrected chi connectivity index (χ3v) is 4.10. The summed E-state index contributed by atoms with van der Waals surface area (Å²) in [7, 11) is 0. The zero-order valence-corrected chi connectivity index (χ0v) is 11.7. The van der Waals surface area contributed by atoms with Crippen molar-refractivity contribution < 1.29 is 39.8 Å². The number of halogens is 1. The minimum atomic E-state index is -2.71. The number of aromatic nitrogens is 1. The molecule has 9 heteroatoms. The van der Waals surface area contributed by atoms with Gasteiger partial charge in [-0.25, -0.2) is 4.39 Å². The first-order valence-electron chi connectivity index (χ1n) is 6.82. The van der Waals surface area contributed by atoms with Gasteiger partial charge in [-0.1, -0.05) is 12.1 Å². The second-order valence-electron chi connectivity index (χ2n) is 5.44. The van der Waals surface area contributed by atoms with Crippen LogP contribution in [-0.4, -0.2) is 66.2 Å². The average molecular weight is 329 g/mol. The van der Waals surface area contributed by atoms with E-state index in [-0.39, 0.29) is 11.3 Å². The number of alkyl halides is 1. The van der Waals surface area contributed by atoms with Crippen LogP contribution in [0.5, 0.6) is 5.75 Å². The molecule has 0 aliphatic carbocycles. The molecule has 2 aromatic rings. The lowest BCUT2D eigenvalue weighted by molar-refractivity contribution is -0.361. The van der Waals surface area contributed by atoms with Crippen LogP contribution in [0.4, 0.5) is 4.39 Å². The molecule has 6 N–H and O–H groups in total. The van der Waals surface area contributed by atoms with Gasteiger partial charge in [0.1, 0.15) is 18.0 Å². The number of ether oxygens (including phenoxy) is 1. The lowest BCUT2D eigenvalue weighted by atomic mass is 9.91. The van der Waals surface area contributed by atoms with Gasteiger partial charge in [-0.3, -0.25) is 0 Å². The molecule has 126 valence electrons. The molecule has 0 amide bonds. The van der Waals surface area contributed by atoms with Crippen molar-refractivity contribution >= 4 is 10.9 Å². The van der Waals surface area contributed by atoms with Gasteiger partial charge in [0, 0.05) is 11.6 Å². The fourth-order valence-corrected chi connectivity index (χ4v) is 2.89. The van der Waals surface area contributed by atoms with Crippen LogP contribution in [0.15, 0.2) is 30.5 Å². The molecule has 1 fully saturated rings. The minimum absolute atomic E-state index is 0.215. The number of aliphatic hydroxyl groups excluding tert-OH is 4. The second kappa shape index (κ2) is 5.41. The van der Waals surface area contributed by atoms with Crippen LogP contribution in [0.3, 0.4) is 0 Å². The van der Waals surface area contributed by atoms with E-state index in [4.69, 9.17) is 5.11 Å². The van der Waals surface area contributed by atoms with Crippen molar-refractivity contribution in [3.63, 3.8) is 0 Å². The summed E-state index contributed by atoms with van der Waals surface area (Å²) in [5, 5.41) is 60.1. The summed E-state index contributed by atoms with van der Waals surface area (Å²) in [6.07, 6.45) is -9.95. The highest BCUT2D eigenvalue weighted by Gasteiger charge is 2.58. The average Bonchev–Trinajstić information content (AvgIpc) is 2.86. The van der Waals surface area contributed by atoms with Crippen LogP contribution in [0.2, 0.25) is 0 Å². The standard InChI is InChI=1S/C14H16FNO7/c15-12(20)9-10(18)14(22,11(19)13(21)23-9)16-5-8(17)6-3-1-2-4-7(6)16/h1-5,9-13,17-22H/t9-,10-,11-,12?,13-,14-/m0/s1. The van der Waals surface area contributed by atoms with Gasteiger partial charge >= 0.3 is 0 Å². The molecule has 1 saturated heterocycles. The lowest BCUT2D eigenvalue weighted by Crippen LogP contribution is -2.68. The summed E-state index contributed by atoms with van der Waals surface area (Å²) < 4.78 is 18.7. The molecule has 1 aliphatic rings. The Hall–Kier alpha value is -1.75. The number of hydrogen-bond donors (Lipinski definition) is 6. The number of nitrogens with zero attached hydrogens (tertiary/aromatic N) is 1. The van der Waals surface area contributed by atoms with E-state index in [0.717, 1.165) is 10.8 Å². The molecule has 2 heterocycles. The first-order chi connectivity index (χ1) is 10.8. The zero-order valence-electron chi connectivity index (χ0n) is 11.7. The summed E-state index contributed by atoms with van der Waals surface area (Å²) in [4.78, 5) is 0. The maximum absolute atomic E-state index is 13.2. The normalized spacial score (nSPS) is 36.3. The van der Waals surface area contributed by atoms with E-state index in [9.17, 15) is 29.9 Å². The Kier molecular flexibility index (Phi) is 3.79. The highest BCUT2D eigenvalue weighted by Crippen LogP contribution is 2.39. The third-order valence-electron chi connectivity index (χ3n) is 4.10. The second-order valence-corrected chi connectivity index (χ2v) is 5.44. The van der Waals surface area contributed by atoms with E-state index in [1.807, 2.05) is 0 Å². The van der Waals surface area contributed by atoms with Crippen molar-refractivity contribution in [1.29, 1.82) is 0 Å². The van der Waals surface area contributed by atoms with Gasteiger partial charge in [0.25, 0.3) is 0 Å². The third kappa shape index (κ3) is 2.21. The molecule has 6 atom stereocenters. The molecule has 1 aromatic carbocycles. The van der Waals surface area contributed by atoms with Crippen LogP contribution < -0.4 is 0 Å². The van der Waals surface area contributed by atoms with Crippen molar-refractivity contribution in [2.24, 2.45) is 0 Å². The Labute approximate surface area is 129 Å². The number of aromatic hydroxyl groups is 1. The van der Waals surface area contributed by atoms with E-state index < -0.39 is 36.7 Å². The Balaban J connectivity index is 2.20. The quantitative estimate of drug-likeness (QED) is 0.404. The molecular formula is C14H16FNO7. The topological polar surface area (TPSA) is 136 Å². The van der Waals surface area contributed by atoms with Crippen molar-refractivity contribution in [2.45, 2.75) is 36.7 Å². The summed E-state index contributed by atoms with van der Waals surface area (Å²) in [5.41, 5.74) is -2.43. The molecular weight excluding hydrogens is 313 g/mol. The molecule has 0 spiro atoms. The van der Waals surface area contributed by atoms with E-state index in [2.05, 4.69) is 4.74 Å². The Morgan fingerprint density at radius 1 is 1.17 bits per heavy atom. The molecule has 1 unspecified atom stereocenters. The van der Waals surface area contributed by atoms with Gasteiger partial charge in [-0.15, -0.1) is 0 Å². The van der Waals surface area contributed by atoms with Gasteiger partial charge in [0.2, 0.25) is 12.1 Å². The monoisotopic (exact) mass is 329 g/mol. The van der Waals surface area contributed by atoms with Gasteiger partial charge < -0.3 is 39.9 Å². The zero-order chi connectivity index (χ0) is 16.9. The first kappa shape index (κ1) is 16.1. The molecule has 8 nitrogen and oxygen atoms in total. The van der Waals surface area contributed by atoms with Crippen molar-refractivity contribution in [1.82, 2.24) is 4.57 Å². The fourth-order valence-electron chi connectivity index (χ4n) is 2.89. The summed E-state index contributed by atoms with van der Waals surface area (Å²) >= 11 is 0. The molecule has 23 heavy (non-hydrogen) atoms. The predicted octanol–water partition coefficient (Wildman–Crippen LogP) is -1.28. The van der Waals surface area contributed by atoms with Crippen molar-refractivity contribution in [3.05, 3.63) is 30.5 Å². The Morgan fingerprint density at radius 2 is 1.83 bits per heavy atom. The first-order valence-corrected chi connectivity index (χ1v) is 6.82. The van der Waals surface area contributed by atoms with E-state index >= 15 is 0 Å². The molecule has 1 aromatic heterocycles. The number of hydrogen-bond acceptors (Lipinski definition) is 7. The summed E-state index contributed by atoms with van der Waals surface area (Å²) in [6.45, 7) is 0. The number of benzene rings is 1. The van der Waals surface area contributed by atoms with Gasteiger partial charge in [0.15, 0.2) is 12.4 Å². The number of para-hydroxylation sites is 1. The maximum Gasteiger partial charge on any atom is 0.225 e. The fraction of sp³-hybridized carbons (Fsp3) is 0.429. The van der Waals surface area contributed by atoms with E-state index in [1.165, 1.54) is 12.1 Å². The van der Waals surface area contributed by atoms with Crippen LogP contribution in [0.25, 0.3) is 10.9 Å². The number of rotatable bonds is 2. The smallest absolute Gasteiger partial charge is 0.225 e. The van der Waals surface area contributed by atoms with Crippen LogP contribution in [0.1, 0.15) is 0 Å². The Morgan fingerprint density at radius 3 is 2.48 bits per heavy atom. The molecule has 0 saturated carbocycles. The maximum atomic E-state index is 13.2. The van der Waals surface area contributed by atoms with Crippen LogP contribution in [0, 0.1) is 0 Å². The van der Waals surface area contributed by atoms with Gasteiger partial charge in [-0.05, 0) is 12.1 Å². The minimum Gasteiger partial charge on any atom is -0.506 e. The predicted molar refractivity (Wildman–Crippen MR) is 73.8 cm³/mol. The lowest BCUT2D eigenvalue weighted by Gasteiger charge is -2.47.